The van der Waals surface area contributed by atoms with Crippen LogP contribution in [0.2, 0.25) is 0 Å². The average molecular weight is 417 g/mol. The third kappa shape index (κ3) is 5.18. The number of rotatable bonds is 6. The highest BCUT2D eigenvalue weighted by atomic mass is 31.2. The van der Waals surface area contributed by atoms with E-state index < -0.39 is 52.2 Å². The van der Waals surface area contributed by atoms with Crippen LogP contribution in [0, 0.1) is 6.92 Å². The summed E-state index contributed by atoms with van der Waals surface area (Å²) >= 11 is 0. The first-order chi connectivity index (χ1) is 11.8. The van der Waals surface area contributed by atoms with Gasteiger partial charge in [0.2, 0.25) is 0 Å². The summed E-state index contributed by atoms with van der Waals surface area (Å²) < 4.78 is 36.0. The van der Waals surface area contributed by atoms with Crippen LogP contribution in [-0.4, -0.2) is 59.6 Å². The van der Waals surface area contributed by atoms with Crippen LogP contribution in [0.3, 0.4) is 0 Å². The first-order valence-electron chi connectivity index (χ1n) is 6.92. The molecule has 1 aliphatic rings. The van der Waals surface area contributed by atoms with Gasteiger partial charge in [-0.1, -0.05) is 0 Å². The van der Waals surface area contributed by atoms with Crippen molar-refractivity contribution in [1.82, 2.24) is 9.97 Å². The Morgan fingerprint density at radius 1 is 1.27 bits per heavy atom. The van der Waals surface area contributed by atoms with E-state index in [4.69, 9.17) is 30.0 Å². The maximum atomic E-state index is 11.5. The fourth-order valence-corrected chi connectivity index (χ4v) is 3.26. The van der Waals surface area contributed by atoms with Gasteiger partial charge in [0.25, 0.3) is 5.56 Å². The SMILES string of the molecule is Cc1nc([C@@H]2O[C@H](COP(=O)(O)O)[C@@H](OP(=O)(O)O)[C@H]2O)c(N)[nH]c1=O. The highest BCUT2D eigenvalue weighted by Crippen LogP contribution is 2.46. The Morgan fingerprint density at radius 2 is 1.88 bits per heavy atom. The van der Waals surface area contributed by atoms with Gasteiger partial charge in [-0.15, -0.1) is 0 Å². The molecule has 1 fully saturated rings. The van der Waals surface area contributed by atoms with Gasteiger partial charge in [-0.25, -0.2) is 14.1 Å². The molecule has 1 aromatic rings. The molecule has 4 atom stereocenters. The number of nitrogens with one attached hydrogen (secondary N) is 1. The lowest BCUT2D eigenvalue weighted by Crippen LogP contribution is -2.35. The molecule has 0 radical (unpaired) electrons. The zero-order chi connectivity index (χ0) is 19.9. The molecule has 0 aromatic carbocycles. The molecule has 0 aliphatic carbocycles. The van der Waals surface area contributed by atoms with E-state index in [1.54, 1.807) is 0 Å². The fraction of sp³-hybridized carbons (Fsp3) is 0.600. The smallest absolute Gasteiger partial charge is 0.387 e. The van der Waals surface area contributed by atoms with Gasteiger partial charge in [0.1, 0.15) is 41.6 Å². The summed E-state index contributed by atoms with van der Waals surface area (Å²) in [6.07, 6.45) is -6.36. The van der Waals surface area contributed by atoms with Crippen molar-refractivity contribution in [3.05, 3.63) is 21.7 Å². The molecule has 0 bridgehead atoms. The summed E-state index contributed by atoms with van der Waals surface area (Å²) in [4.78, 5) is 53.1. The van der Waals surface area contributed by atoms with E-state index in [0.717, 1.165) is 0 Å². The second-order valence-corrected chi connectivity index (χ2v) is 7.81. The minimum absolute atomic E-state index is 0.0210. The molecule has 2 rings (SSSR count). The molecule has 0 unspecified atom stereocenters. The summed E-state index contributed by atoms with van der Waals surface area (Å²) in [5.41, 5.74) is 4.87. The molecule has 16 heteroatoms. The van der Waals surface area contributed by atoms with Crippen LogP contribution in [-0.2, 0) is 22.9 Å². The van der Waals surface area contributed by atoms with Crippen LogP contribution in [0.15, 0.2) is 4.79 Å². The number of H-pyrrole nitrogens is 1. The van der Waals surface area contributed by atoms with E-state index in [1.807, 2.05) is 0 Å². The number of aliphatic hydroxyl groups is 1. The number of phosphoric acid groups is 2. The van der Waals surface area contributed by atoms with E-state index in [1.165, 1.54) is 6.92 Å². The number of nitrogen functional groups attached to an aromatic ring is 1. The standard InChI is InChI=1S/C10H17N3O11P2/c1-3-10(15)13-9(11)5(12-3)8-6(14)7(24-26(19,20)21)4(23-8)2-22-25(16,17)18/h4,6-8,14H,2H2,1H3,(H3,11,13,15)(H2,16,17,18)(H2,19,20,21)/t4-,6-,7-,8+/m1/s1. The third-order valence-corrected chi connectivity index (χ3v) is 4.41. The Morgan fingerprint density at radius 3 is 2.42 bits per heavy atom. The molecule has 0 spiro atoms. The molecule has 148 valence electrons. The van der Waals surface area contributed by atoms with Crippen LogP contribution in [0.5, 0.6) is 0 Å². The Hall–Kier alpha value is -1.18. The highest BCUT2D eigenvalue weighted by molar-refractivity contribution is 7.46. The molecule has 8 N–H and O–H groups in total. The van der Waals surface area contributed by atoms with Crippen LogP contribution < -0.4 is 11.3 Å². The van der Waals surface area contributed by atoms with E-state index in [0.29, 0.717) is 0 Å². The van der Waals surface area contributed by atoms with E-state index in [2.05, 4.69) is 19.0 Å². The predicted octanol–water partition coefficient (Wildman–Crippen LogP) is -1.95. The third-order valence-electron chi connectivity index (χ3n) is 3.41. The van der Waals surface area contributed by atoms with Crippen molar-refractivity contribution >= 4 is 21.5 Å². The molecule has 0 amide bonds. The molecular formula is C10H17N3O11P2. The summed E-state index contributed by atoms with van der Waals surface area (Å²) in [5, 5.41) is 10.3. The summed E-state index contributed by atoms with van der Waals surface area (Å²) in [6.45, 7) is 0.492. The lowest BCUT2D eigenvalue weighted by Gasteiger charge is -2.21. The van der Waals surface area contributed by atoms with E-state index in [9.17, 15) is 19.0 Å². The zero-order valence-electron chi connectivity index (χ0n) is 13.1. The van der Waals surface area contributed by atoms with Crippen molar-refractivity contribution < 1.29 is 47.6 Å². The van der Waals surface area contributed by atoms with E-state index >= 15 is 0 Å². The number of aromatic nitrogens is 2. The minimum atomic E-state index is -5.10. The normalized spacial score (nSPS) is 27.0. The van der Waals surface area contributed by atoms with Gasteiger partial charge in [-0.05, 0) is 6.92 Å². The van der Waals surface area contributed by atoms with Gasteiger partial charge in [0.05, 0.1) is 6.61 Å². The van der Waals surface area contributed by atoms with E-state index in [-0.39, 0.29) is 17.2 Å². The molecule has 1 saturated heterocycles. The number of hydrogen-bond donors (Lipinski definition) is 7. The lowest BCUT2D eigenvalue weighted by molar-refractivity contribution is -0.0230. The number of hydrogen-bond acceptors (Lipinski definition) is 9. The molecular weight excluding hydrogens is 400 g/mol. The van der Waals surface area contributed by atoms with Crippen molar-refractivity contribution in [1.29, 1.82) is 0 Å². The quantitative estimate of drug-likeness (QED) is 0.250. The Labute approximate surface area is 145 Å². The number of anilines is 1. The van der Waals surface area contributed by atoms with Gasteiger partial charge >= 0.3 is 15.6 Å². The van der Waals surface area contributed by atoms with Gasteiger partial charge in [-0.2, -0.15) is 0 Å². The van der Waals surface area contributed by atoms with Crippen LogP contribution in [0.1, 0.15) is 17.5 Å². The van der Waals surface area contributed by atoms with Crippen molar-refractivity contribution in [3.63, 3.8) is 0 Å². The maximum Gasteiger partial charge on any atom is 0.470 e. The number of aryl methyl sites for hydroxylation is 1. The van der Waals surface area contributed by atoms with Gasteiger partial charge in [0, 0.05) is 0 Å². The van der Waals surface area contributed by atoms with Crippen LogP contribution in [0.25, 0.3) is 0 Å². The van der Waals surface area contributed by atoms with Crippen molar-refractivity contribution in [2.24, 2.45) is 0 Å². The Balaban J connectivity index is 2.35. The van der Waals surface area contributed by atoms with Gasteiger partial charge in [-0.3, -0.25) is 13.8 Å². The molecule has 26 heavy (non-hydrogen) atoms. The van der Waals surface area contributed by atoms with Crippen molar-refractivity contribution in [2.45, 2.75) is 31.3 Å². The molecule has 1 aromatic heterocycles. The molecule has 0 saturated carbocycles. The minimum Gasteiger partial charge on any atom is -0.387 e. The van der Waals surface area contributed by atoms with Crippen LogP contribution >= 0.6 is 15.6 Å². The number of aliphatic hydroxyl groups excluding tert-OH is 1. The molecule has 2 heterocycles. The average Bonchev–Trinajstić information content (AvgIpc) is 2.75. The number of phosphoric ester groups is 2. The summed E-state index contributed by atoms with van der Waals surface area (Å²) in [7, 11) is -10.0. The topological polar surface area (TPSA) is 235 Å². The first kappa shape index (κ1) is 21.1. The largest absolute Gasteiger partial charge is 0.470 e. The second-order valence-electron chi connectivity index (χ2n) is 5.38. The number of aromatic amines is 1. The van der Waals surface area contributed by atoms with Crippen molar-refractivity contribution in [2.75, 3.05) is 12.3 Å². The number of nitrogens with two attached hydrogens (primary N) is 1. The summed E-state index contributed by atoms with van der Waals surface area (Å²) in [5.74, 6) is -0.267. The Kier molecular flexibility index (Phi) is 6.05. The Bertz CT molecular complexity index is 817. The first-order valence-corrected chi connectivity index (χ1v) is 9.98. The monoisotopic (exact) mass is 417 g/mol. The highest BCUT2D eigenvalue weighted by Gasteiger charge is 2.49. The maximum absolute atomic E-state index is 11.5. The van der Waals surface area contributed by atoms with Gasteiger partial charge < -0.3 is 40.1 Å². The zero-order valence-corrected chi connectivity index (χ0v) is 14.9. The van der Waals surface area contributed by atoms with Gasteiger partial charge in [0.15, 0.2) is 0 Å². The fourth-order valence-electron chi connectivity index (χ4n) is 2.34. The molecule has 14 nitrogen and oxygen atoms in total. The van der Waals surface area contributed by atoms with Crippen LogP contribution in [0.4, 0.5) is 5.82 Å². The lowest BCUT2D eigenvalue weighted by atomic mass is 10.1. The number of ether oxygens (including phenoxy) is 1. The number of nitrogens with zero attached hydrogens (tertiary/aromatic N) is 1. The summed E-state index contributed by atoms with van der Waals surface area (Å²) in [6, 6.07) is 0. The molecule has 1 aliphatic heterocycles. The second kappa shape index (κ2) is 7.44. The van der Waals surface area contributed by atoms with Crippen molar-refractivity contribution in [3.8, 4) is 0 Å². The predicted molar refractivity (Wildman–Crippen MR) is 82.5 cm³/mol.